The lowest BCUT2D eigenvalue weighted by Crippen LogP contribution is -2.60. The lowest BCUT2D eigenvalue weighted by atomic mass is 9.92. The summed E-state index contributed by atoms with van der Waals surface area (Å²) in [5, 5.41) is 70.7. The first kappa shape index (κ1) is 29.2. The first-order valence-electron chi connectivity index (χ1n) is 13.0. The van der Waals surface area contributed by atoms with Gasteiger partial charge in [-0.25, -0.2) is 0 Å². The molecule has 9 atom stereocenters. The molecule has 2 saturated heterocycles. The molecule has 3 aromatic rings. The Bertz CT molecular complexity index is 1420. The van der Waals surface area contributed by atoms with Crippen LogP contribution < -0.4 is 14.9 Å². The smallest absolute Gasteiger partial charge is 0.229 e. The molecule has 0 radical (unpaired) electrons. The fourth-order valence-corrected chi connectivity index (χ4v) is 5.17. The molecule has 2 aliphatic rings. The molecule has 2 aromatic carbocycles. The molecule has 7 N–H and O–H groups in total. The third-order valence-corrected chi connectivity index (χ3v) is 7.49. The van der Waals surface area contributed by atoms with E-state index in [2.05, 4.69) is 0 Å². The van der Waals surface area contributed by atoms with Gasteiger partial charge in [0.15, 0.2) is 5.43 Å². The highest BCUT2D eigenvalue weighted by Gasteiger charge is 2.44. The molecule has 0 bridgehead atoms. The number of methoxy groups -OCH3 is 1. The van der Waals surface area contributed by atoms with Crippen LogP contribution in [-0.2, 0) is 9.47 Å². The van der Waals surface area contributed by atoms with Gasteiger partial charge in [-0.2, -0.15) is 0 Å². The second-order valence-electron chi connectivity index (χ2n) is 10.2. The predicted octanol–water partition coefficient (Wildman–Crippen LogP) is -0.0754. The minimum atomic E-state index is -1.59. The van der Waals surface area contributed by atoms with Crippen LogP contribution >= 0.6 is 0 Å². The topological polar surface area (TPSA) is 209 Å². The Morgan fingerprint density at radius 1 is 0.951 bits per heavy atom. The van der Waals surface area contributed by atoms with Crippen molar-refractivity contribution < 1.29 is 59.1 Å². The summed E-state index contributed by atoms with van der Waals surface area (Å²) in [6.45, 7) is 0.996. The van der Waals surface area contributed by atoms with Gasteiger partial charge < -0.3 is 59.1 Å². The third kappa shape index (κ3) is 5.38. The van der Waals surface area contributed by atoms with Gasteiger partial charge in [-0.3, -0.25) is 4.79 Å². The van der Waals surface area contributed by atoms with Crippen molar-refractivity contribution in [2.75, 3.05) is 13.7 Å². The van der Waals surface area contributed by atoms with Crippen LogP contribution in [0.15, 0.2) is 45.6 Å². The Kier molecular flexibility index (Phi) is 8.23. The van der Waals surface area contributed by atoms with Crippen molar-refractivity contribution in [3.8, 4) is 28.6 Å². The van der Waals surface area contributed by atoms with Crippen LogP contribution in [0.2, 0.25) is 0 Å². The van der Waals surface area contributed by atoms with Gasteiger partial charge in [0.25, 0.3) is 0 Å². The lowest BCUT2D eigenvalue weighted by Gasteiger charge is -2.39. The van der Waals surface area contributed by atoms with Crippen molar-refractivity contribution >= 4 is 11.0 Å². The van der Waals surface area contributed by atoms with Gasteiger partial charge in [-0.15, -0.1) is 0 Å². The zero-order chi connectivity index (χ0) is 29.6. The molecule has 2 fully saturated rings. The summed E-state index contributed by atoms with van der Waals surface area (Å²) in [6.07, 6.45) is -11.0. The number of benzene rings is 2. The Balaban J connectivity index is 1.43. The van der Waals surface area contributed by atoms with E-state index in [0.717, 1.165) is 0 Å². The summed E-state index contributed by atoms with van der Waals surface area (Å²) in [6, 6.07) is 8.79. The zero-order valence-electron chi connectivity index (χ0n) is 22.2. The number of hydrogen-bond donors (Lipinski definition) is 7. The van der Waals surface area contributed by atoms with Crippen molar-refractivity contribution in [3.05, 3.63) is 52.2 Å². The van der Waals surface area contributed by atoms with Crippen molar-refractivity contribution in [3.63, 3.8) is 0 Å². The van der Waals surface area contributed by atoms with Gasteiger partial charge in [0.1, 0.15) is 64.5 Å². The van der Waals surface area contributed by atoms with Gasteiger partial charge in [-0.1, -0.05) is 0 Å². The fraction of sp³-hybridized carbons (Fsp3) is 0.464. The minimum Gasteiger partial charge on any atom is -0.506 e. The summed E-state index contributed by atoms with van der Waals surface area (Å²) in [5.41, 5.74) is 0.118. The summed E-state index contributed by atoms with van der Waals surface area (Å²) in [4.78, 5) is 13.2. The minimum absolute atomic E-state index is 0.0259. The van der Waals surface area contributed by atoms with E-state index in [1.165, 1.54) is 31.4 Å². The van der Waals surface area contributed by atoms with E-state index in [0.29, 0.717) is 5.56 Å². The maximum Gasteiger partial charge on any atom is 0.229 e. The number of fused-ring (bicyclic) bond motifs is 1. The van der Waals surface area contributed by atoms with Gasteiger partial charge in [0.05, 0.1) is 37.6 Å². The Labute approximate surface area is 233 Å². The lowest BCUT2D eigenvalue weighted by molar-refractivity contribution is -0.277. The van der Waals surface area contributed by atoms with Crippen LogP contribution in [-0.4, -0.2) is 98.5 Å². The van der Waals surface area contributed by atoms with Crippen molar-refractivity contribution in [2.45, 2.75) is 68.5 Å². The highest BCUT2D eigenvalue weighted by Crippen LogP contribution is 2.45. The Hall–Kier alpha value is -3.27. The largest absolute Gasteiger partial charge is 0.506 e. The van der Waals surface area contributed by atoms with Gasteiger partial charge in [0.2, 0.25) is 6.29 Å². The summed E-state index contributed by atoms with van der Waals surface area (Å²) >= 11 is 0. The van der Waals surface area contributed by atoms with Crippen LogP contribution in [0.1, 0.15) is 25.0 Å². The molecule has 0 unspecified atom stereocenters. The highest BCUT2D eigenvalue weighted by atomic mass is 16.7. The van der Waals surface area contributed by atoms with Gasteiger partial charge in [-0.05, 0) is 31.2 Å². The fourth-order valence-electron chi connectivity index (χ4n) is 5.17. The number of aliphatic hydroxyl groups is 6. The molecule has 13 nitrogen and oxygen atoms in total. The first-order valence-corrected chi connectivity index (χ1v) is 13.0. The first-order chi connectivity index (χ1) is 19.5. The second kappa shape index (κ2) is 11.5. The van der Waals surface area contributed by atoms with E-state index in [-0.39, 0.29) is 40.2 Å². The molecule has 0 amide bonds. The Morgan fingerprint density at radius 2 is 1.66 bits per heavy atom. The summed E-state index contributed by atoms with van der Waals surface area (Å²) < 4.78 is 28.2. The van der Waals surface area contributed by atoms with Crippen molar-refractivity contribution in [1.82, 2.24) is 0 Å². The van der Waals surface area contributed by atoms with E-state index in [1.54, 1.807) is 19.1 Å². The monoisotopic (exact) mass is 576 g/mol. The molecular weight excluding hydrogens is 544 g/mol. The number of aromatic hydroxyl groups is 1. The van der Waals surface area contributed by atoms with Crippen molar-refractivity contribution in [1.29, 1.82) is 0 Å². The molecule has 5 rings (SSSR count). The Morgan fingerprint density at radius 3 is 2.29 bits per heavy atom. The highest BCUT2D eigenvalue weighted by molar-refractivity contribution is 5.88. The summed E-state index contributed by atoms with van der Waals surface area (Å²) in [5.74, 6) is 0.138. The van der Waals surface area contributed by atoms with Gasteiger partial charge >= 0.3 is 0 Å². The maximum atomic E-state index is 13.2. The molecule has 0 spiro atoms. The molecule has 2 aliphatic heterocycles. The van der Waals surface area contributed by atoms with E-state index in [4.69, 9.17) is 23.4 Å². The predicted molar refractivity (Wildman–Crippen MR) is 140 cm³/mol. The number of phenols is 1. The number of ether oxygens (including phenoxy) is 4. The summed E-state index contributed by atoms with van der Waals surface area (Å²) in [7, 11) is 1.37. The van der Waals surface area contributed by atoms with E-state index in [1.807, 2.05) is 0 Å². The molecule has 1 aromatic heterocycles. The van der Waals surface area contributed by atoms with Gasteiger partial charge in [0, 0.05) is 24.1 Å². The normalized spacial score (nSPS) is 32.1. The van der Waals surface area contributed by atoms with Crippen LogP contribution in [0.3, 0.4) is 0 Å². The molecular formula is C28H32O13. The van der Waals surface area contributed by atoms with Crippen molar-refractivity contribution in [2.24, 2.45) is 0 Å². The zero-order valence-corrected chi connectivity index (χ0v) is 22.2. The average Bonchev–Trinajstić information content (AvgIpc) is 2.95. The van der Waals surface area contributed by atoms with Crippen LogP contribution in [0.25, 0.3) is 22.3 Å². The molecule has 0 aliphatic carbocycles. The number of rotatable bonds is 6. The molecule has 222 valence electrons. The number of phenolic OH excluding ortho intramolecular Hbond substituents is 1. The maximum absolute atomic E-state index is 13.2. The number of hydrogen-bond acceptors (Lipinski definition) is 13. The standard InChI is InChI=1S/C28H32O13/c1-11-23(32)15(31)8-18(38-11)22-17(37-2)9-19-21(25(22)34)14(30)7-16(40-19)12-3-5-13(6-4-12)39-28-27(36)26(35)24(33)20(10-29)41-28/h3-7,9,11,15,18,20,23-24,26-29,31-36H,8,10H2,1-2H3/t11-,15-,18-,20-,23+,24-,26+,27-,28-/m1/s1. The number of aliphatic hydroxyl groups excluding tert-OH is 6. The quantitative estimate of drug-likeness (QED) is 0.205. The van der Waals surface area contributed by atoms with E-state index < -0.39 is 72.9 Å². The van der Waals surface area contributed by atoms with Crippen LogP contribution in [0.5, 0.6) is 17.2 Å². The van der Waals surface area contributed by atoms with Crippen LogP contribution in [0.4, 0.5) is 0 Å². The molecule has 13 heteroatoms. The third-order valence-electron chi connectivity index (χ3n) is 7.49. The SMILES string of the molecule is COc1cc2oc(-c3ccc(O[C@@H]4O[C@H](CO)[C@@H](O)[C@H](O)[C@H]4O)cc3)cc(=O)c2c(O)c1[C@H]1C[C@@H](O)[C@@H](O)[C@@H](C)O1. The van der Waals surface area contributed by atoms with E-state index >= 15 is 0 Å². The average molecular weight is 577 g/mol. The molecule has 3 heterocycles. The van der Waals surface area contributed by atoms with Crippen LogP contribution in [0, 0.1) is 0 Å². The molecule has 0 saturated carbocycles. The second-order valence-corrected chi connectivity index (χ2v) is 10.2. The van der Waals surface area contributed by atoms with E-state index in [9.17, 15) is 40.5 Å². The molecule has 41 heavy (non-hydrogen) atoms.